The number of hydrogen-bond donors (Lipinski definition) is 0. The second-order valence-corrected chi connectivity index (χ2v) is 11.5. The van der Waals surface area contributed by atoms with Crippen molar-refractivity contribution in [3.8, 4) is 11.5 Å². The van der Waals surface area contributed by atoms with Crippen LogP contribution in [0.5, 0.6) is 0 Å². The molecule has 9 aromatic rings. The maximum absolute atomic E-state index is 6.42. The number of aromatic nitrogens is 1. The fourth-order valence-corrected chi connectivity index (χ4v) is 7.15. The molecular formula is C37H22N2O2S. The van der Waals surface area contributed by atoms with Crippen LogP contribution in [-0.2, 0) is 0 Å². The van der Waals surface area contributed by atoms with Crippen LogP contribution in [0, 0.1) is 0 Å². The normalized spacial score (nSPS) is 11.8. The Balaban J connectivity index is 1.31. The molecular weight excluding hydrogens is 536 g/mol. The van der Waals surface area contributed by atoms with Gasteiger partial charge in [-0.05, 0) is 72.8 Å². The Bertz CT molecular complexity index is 2420. The monoisotopic (exact) mass is 558 g/mol. The van der Waals surface area contributed by atoms with E-state index in [1.54, 1.807) is 0 Å². The second kappa shape index (κ2) is 9.06. The number of furan rings is 1. The molecule has 0 saturated heterocycles. The minimum Gasteiger partial charge on any atom is -0.456 e. The first-order valence-corrected chi connectivity index (χ1v) is 14.7. The van der Waals surface area contributed by atoms with Gasteiger partial charge < -0.3 is 13.7 Å². The van der Waals surface area contributed by atoms with Crippen LogP contribution in [0.4, 0.5) is 17.1 Å². The van der Waals surface area contributed by atoms with Crippen molar-refractivity contribution in [2.75, 3.05) is 4.90 Å². The van der Waals surface area contributed by atoms with Gasteiger partial charge in [0.25, 0.3) is 0 Å². The van der Waals surface area contributed by atoms with Gasteiger partial charge in [-0.25, -0.2) is 4.98 Å². The van der Waals surface area contributed by atoms with Crippen LogP contribution in [0.1, 0.15) is 0 Å². The molecule has 0 bridgehead atoms. The van der Waals surface area contributed by atoms with Gasteiger partial charge in [-0.1, -0.05) is 60.7 Å². The number of rotatable bonds is 4. The average Bonchev–Trinajstić information content (AvgIpc) is 3.75. The van der Waals surface area contributed by atoms with Crippen molar-refractivity contribution < 1.29 is 8.83 Å². The molecule has 4 nitrogen and oxygen atoms in total. The first-order valence-electron chi connectivity index (χ1n) is 13.9. The van der Waals surface area contributed by atoms with Crippen LogP contribution < -0.4 is 4.90 Å². The molecule has 5 heteroatoms. The highest BCUT2D eigenvalue weighted by atomic mass is 32.1. The molecule has 0 unspecified atom stereocenters. The fourth-order valence-electron chi connectivity index (χ4n) is 6.02. The number of benzene rings is 6. The van der Waals surface area contributed by atoms with Crippen LogP contribution >= 0.6 is 11.3 Å². The number of thiophene rings is 1. The van der Waals surface area contributed by atoms with Crippen molar-refractivity contribution in [1.29, 1.82) is 0 Å². The van der Waals surface area contributed by atoms with E-state index >= 15 is 0 Å². The minimum atomic E-state index is 0.602. The highest BCUT2D eigenvalue weighted by Crippen LogP contribution is 2.46. The molecule has 6 aromatic carbocycles. The summed E-state index contributed by atoms with van der Waals surface area (Å²) in [5.41, 5.74) is 7.35. The summed E-state index contributed by atoms with van der Waals surface area (Å²) in [6.07, 6.45) is 0. The molecule has 0 atom stereocenters. The summed E-state index contributed by atoms with van der Waals surface area (Å²) >= 11 is 1.83. The molecule has 9 rings (SSSR count). The zero-order valence-corrected chi connectivity index (χ0v) is 23.1. The SMILES string of the molecule is c1ccc(-c2nc3ccc4oc5ccc(N(c6ccccc6)c6cccc7sc8ccccc8c67)cc5c4c3o2)cc1. The Morgan fingerprint density at radius 2 is 1.31 bits per heavy atom. The van der Waals surface area contributed by atoms with Gasteiger partial charge in [0.1, 0.15) is 16.7 Å². The van der Waals surface area contributed by atoms with Gasteiger partial charge >= 0.3 is 0 Å². The van der Waals surface area contributed by atoms with Gasteiger partial charge in [0, 0.05) is 42.5 Å². The Kier molecular flexibility index (Phi) is 5.03. The Morgan fingerprint density at radius 1 is 0.548 bits per heavy atom. The van der Waals surface area contributed by atoms with E-state index in [-0.39, 0.29) is 0 Å². The van der Waals surface area contributed by atoms with E-state index in [0.29, 0.717) is 5.89 Å². The van der Waals surface area contributed by atoms with E-state index in [1.807, 2.05) is 53.8 Å². The molecule has 0 radical (unpaired) electrons. The van der Waals surface area contributed by atoms with Gasteiger partial charge in [0.05, 0.1) is 11.1 Å². The number of anilines is 3. The Labute approximate surface area is 244 Å². The van der Waals surface area contributed by atoms with E-state index < -0.39 is 0 Å². The van der Waals surface area contributed by atoms with Gasteiger partial charge in [-0.3, -0.25) is 0 Å². The average molecular weight is 559 g/mol. The molecule has 3 heterocycles. The maximum atomic E-state index is 6.42. The molecule has 0 fully saturated rings. The number of para-hydroxylation sites is 1. The van der Waals surface area contributed by atoms with E-state index in [9.17, 15) is 0 Å². The summed E-state index contributed by atoms with van der Waals surface area (Å²) in [4.78, 5) is 7.15. The van der Waals surface area contributed by atoms with Gasteiger partial charge in [0.15, 0.2) is 5.58 Å². The molecule has 3 aromatic heterocycles. The zero-order chi connectivity index (χ0) is 27.6. The van der Waals surface area contributed by atoms with Crippen molar-refractivity contribution in [1.82, 2.24) is 4.98 Å². The summed E-state index contributed by atoms with van der Waals surface area (Å²) in [7, 11) is 0. The lowest BCUT2D eigenvalue weighted by Gasteiger charge is -2.26. The highest BCUT2D eigenvalue weighted by molar-refractivity contribution is 7.26. The first kappa shape index (κ1) is 23.3. The van der Waals surface area contributed by atoms with Gasteiger partial charge in [-0.15, -0.1) is 11.3 Å². The topological polar surface area (TPSA) is 42.4 Å². The molecule has 0 aliphatic heterocycles. The molecule has 0 saturated carbocycles. The molecule has 0 amide bonds. The smallest absolute Gasteiger partial charge is 0.227 e. The summed E-state index contributed by atoms with van der Waals surface area (Å²) < 4.78 is 15.3. The lowest BCUT2D eigenvalue weighted by Crippen LogP contribution is -2.10. The van der Waals surface area contributed by atoms with Crippen molar-refractivity contribution in [2.45, 2.75) is 0 Å². The van der Waals surface area contributed by atoms with Crippen molar-refractivity contribution in [3.05, 3.63) is 133 Å². The maximum Gasteiger partial charge on any atom is 0.227 e. The van der Waals surface area contributed by atoms with E-state index in [4.69, 9.17) is 13.8 Å². The highest BCUT2D eigenvalue weighted by Gasteiger charge is 2.21. The molecule has 0 spiro atoms. The Hall–Kier alpha value is -5.39. The molecule has 198 valence electrons. The quantitative estimate of drug-likeness (QED) is 0.215. The zero-order valence-electron chi connectivity index (χ0n) is 22.3. The van der Waals surface area contributed by atoms with Crippen molar-refractivity contribution in [2.24, 2.45) is 0 Å². The van der Waals surface area contributed by atoms with E-state index in [0.717, 1.165) is 55.7 Å². The summed E-state index contributed by atoms with van der Waals surface area (Å²) in [5.74, 6) is 0.602. The van der Waals surface area contributed by atoms with Crippen molar-refractivity contribution in [3.63, 3.8) is 0 Å². The number of nitrogens with zero attached hydrogens (tertiary/aromatic N) is 2. The third kappa shape index (κ3) is 3.51. The standard InChI is InChI=1S/C37H22N2O2S/c1-3-10-23(11-4-1)37-38-28-19-21-31-35(36(28)41-37)27-22-25(18-20-30(27)40-31)39(24-12-5-2-6-13-24)29-15-9-17-33-34(29)26-14-7-8-16-32(26)42-33/h1-22H. The molecule has 42 heavy (non-hydrogen) atoms. The third-order valence-electron chi connectivity index (χ3n) is 7.89. The van der Waals surface area contributed by atoms with Crippen LogP contribution in [-0.4, -0.2) is 4.98 Å². The lowest BCUT2D eigenvalue weighted by molar-refractivity contribution is 0.622. The molecule has 0 N–H and O–H groups in total. The summed E-state index contributed by atoms with van der Waals surface area (Å²) in [5, 5.41) is 4.45. The van der Waals surface area contributed by atoms with Gasteiger partial charge in [-0.2, -0.15) is 0 Å². The number of fused-ring (bicyclic) bond motifs is 8. The first-order chi connectivity index (χ1) is 20.8. The fraction of sp³-hybridized carbons (Fsp3) is 0. The predicted molar refractivity (Wildman–Crippen MR) is 174 cm³/mol. The lowest BCUT2D eigenvalue weighted by atomic mass is 10.1. The van der Waals surface area contributed by atoms with Crippen LogP contribution in [0.15, 0.2) is 142 Å². The van der Waals surface area contributed by atoms with Crippen LogP contribution in [0.3, 0.4) is 0 Å². The largest absolute Gasteiger partial charge is 0.456 e. The second-order valence-electron chi connectivity index (χ2n) is 10.4. The summed E-state index contributed by atoms with van der Waals surface area (Å²) in [6, 6.07) is 46.2. The van der Waals surface area contributed by atoms with Crippen LogP contribution in [0.25, 0.3) is 64.7 Å². The number of hydrogen-bond acceptors (Lipinski definition) is 5. The van der Waals surface area contributed by atoms with Gasteiger partial charge in [0.2, 0.25) is 5.89 Å². The number of oxazole rings is 1. The van der Waals surface area contributed by atoms with E-state index in [2.05, 4.69) is 95.9 Å². The minimum absolute atomic E-state index is 0.602. The van der Waals surface area contributed by atoms with E-state index in [1.165, 1.54) is 20.2 Å². The van der Waals surface area contributed by atoms with Crippen LogP contribution in [0.2, 0.25) is 0 Å². The predicted octanol–water partition coefficient (Wildman–Crippen LogP) is 11.2. The summed E-state index contributed by atoms with van der Waals surface area (Å²) in [6.45, 7) is 0. The van der Waals surface area contributed by atoms with Crippen molar-refractivity contribution >= 4 is 81.6 Å². The molecule has 0 aliphatic rings. The molecule has 0 aliphatic carbocycles. The Morgan fingerprint density at radius 3 is 2.19 bits per heavy atom. The third-order valence-corrected chi connectivity index (χ3v) is 9.02.